The van der Waals surface area contributed by atoms with Gasteiger partial charge in [0.15, 0.2) is 0 Å². The molecule has 2 rings (SSSR count). The molecule has 0 amide bonds. The van der Waals surface area contributed by atoms with Crippen molar-refractivity contribution in [2.24, 2.45) is 5.73 Å². The van der Waals surface area contributed by atoms with Crippen LogP contribution in [0.1, 0.15) is 37.3 Å². The van der Waals surface area contributed by atoms with E-state index in [9.17, 15) is 8.78 Å². The van der Waals surface area contributed by atoms with Gasteiger partial charge in [-0.1, -0.05) is 6.92 Å². The van der Waals surface area contributed by atoms with Gasteiger partial charge in [0, 0.05) is 17.2 Å². The van der Waals surface area contributed by atoms with Crippen LogP contribution < -0.4 is 5.73 Å². The molecule has 1 saturated carbocycles. The van der Waals surface area contributed by atoms with Crippen molar-refractivity contribution in [2.45, 2.75) is 38.1 Å². The van der Waals surface area contributed by atoms with Crippen LogP contribution in [0.4, 0.5) is 8.78 Å². The monoisotopic (exact) mass is 211 g/mol. The number of rotatable bonds is 2. The SMILES string of the molecule is CCc1cc(C2(N)CCC2)c(F)cc1F. The molecule has 0 bridgehead atoms. The third kappa shape index (κ3) is 1.65. The summed E-state index contributed by atoms with van der Waals surface area (Å²) in [5.74, 6) is -0.978. The van der Waals surface area contributed by atoms with Crippen molar-refractivity contribution in [1.29, 1.82) is 0 Å². The van der Waals surface area contributed by atoms with E-state index in [0.717, 1.165) is 25.3 Å². The quantitative estimate of drug-likeness (QED) is 0.799. The fourth-order valence-corrected chi connectivity index (χ4v) is 2.07. The molecule has 3 heteroatoms. The Hall–Kier alpha value is -0.960. The zero-order chi connectivity index (χ0) is 11.1. The zero-order valence-electron chi connectivity index (χ0n) is 8.82. The van der Waals surface area contributed by atoms with Crippen LogP contribution in [-0.4, -0.2) is 0 Å². The van der Waals surface area contributed by atoms with E-state index in [0.29, 0.717) is 17.5 Å². The van der Waals surface area contributed by atoms with Gasteiger partial charge in [-0.15, -0.1) is 0 Å². The molecule has 1 aliphatic rings. The number of nitrogens with two attached hydrogens (primary N) is 1. The molecular formula is C12H15F2N. The smallest absolute Gasteiger partial charge is 0.131 e. The van der Waals surface area contributed by atoms with Crippen LogP contribution in [0.5, 0.6) is 0 Å². The van der Waals surface area contributed by atoms with E-state index >= 15 is 0 Å². The lowest BCUT2D eigenvalue weighted by atomic mass is 9.72. The summed E-state index contributed by atoms with van der Waals surface area (Å²) in [5, 5.41) is 0. The Morgan fingerprint density at radius 1 is 1.27 bits per heavy atom. The highest BCUT2D eigenvalue weighted by Crippen LogP contribution is 2.40. The predicted octanol–water partition coefficient (Wildman–Crippen LogP) is 2.87. The van der Waals surface area contributed by atoms with Gasteiger partial charge < -0.3 is 5.73 Å². The van der Waals surface area contributed by atoms with Gasteiger partial charge in [-0.25, -0.2) is 8.78 Å². The van der Waals surface area contributed by atoms with Crippen molar-refractivity contribution in [3.63, 3.8) is 0 Å². The first-order chi connectivity index (χ1) is 7.07. The van der Waals surface area contributed by atoms with E-state index in [1.165, 1.54) is 0 Å². The predicted molar refractivity (Wildman–Crippen MR) is 55.5 cm³/mol. The standard InChI is InChI=1S/C12H15F2N/c1-2-8-6-9(11(14)7-10(8)13)12(15)4-3-5-12/h6-7H,2-5,15H2,1H3. The zero-order valence-corrected chi connectivity index (χ0v) is 8.82. The van der Waals surface area contributed by atoms with E-state index in [-0.39, 0.29) is 0 Å². The normalized spacial score (nSPS) is 18.7. The van der Waals surface area contributed by atoms with Crippen molar-refractivity contribution < 1.29 is 8.78 Å². The number of halogens is 2. The summed E-state index contributed by atoms with van der Waals surface area (Å²) in [5.41, 5.74) is 6.51. The molecule has 1 nitrogen and oxygen atoms in total. The second kappa shape index (κ2) is 3.56. The van der Waals surface area contributed by atoms with Gasteiger partial charge in [-0.05, 0) is 37.3 Å². The molecule has 1 fully saturated rings. The molecule has 15 heavy (non-hydrogen) atoms. The maximum absolute atomic E-state index is 13.6. The lowest BCUT2D eigenvalue weighted by molar-refractivity contribution is 0.244. The molecule has 0 spiro atoms. The van der Waals surface area contributed by atoms with E-state index in [1.54, 1.807) is 6.07 Å². The van der Waals surface area contributed by atoms with Crippen LogP contribution in [0.2, 0.25) is 0 Å². The average molecular weight is 211 g/mol. The summed E-state index contributed by atoms with van der Waals surface area (Å²) < 4.78 is 26.8. The first kappa shape index (κ1) is 10.6. The summed E-state index contributed by atoms with van der Waals surface area (Å²) in [6, 6.07) is 2.55. The molecule has 1 aromatic rings. The molecule has 1 aromatic carbocycles. The fourth-order valence-electron chi connectivity index (χ4n) is 2.07. The largest absolute Gasteiger partial charge is 0.321 e. The summed E-state index contributed by atoms with van der Waals surface area (Å²) in [6.07, 6.45) is 3.17. The second-order valence-corrected chi connectivity index (χ2v) is 4.29. The first-order valence-corrected chi connectivity index (χ1v) is 5.34. The molecule has 2 N–H and O–H groups in total. The van der Waals surface area contributed by atoms with Gasteiger partial charge in [-0.2, -0.15) is 0 Å². The first-order valence-electron chi connectivity index (χ1n) is 5.34. The Morgan fingerprint density at radius 2 is 1.93 bits per heavy atom. The van der Waals surface area contributed by atoms with Crippen molar-refractivity contribution in [2.75, 3.05) is 0 Å². The fraction of sp³-hybridized carbons (Fsp3) is 0.500. The van der Waals surface area contributed by atoms with E-state index in [1.807, 2.05) is 6.92 Å². The number of benzene rings is 1. The third-order valence-electron chi connectivity index (χ3n) is 3.30. The molecule has 0 atom stereocenters. The second-order valence-electron chi connectivity index (χ2n) is 4.29. The van der Waals surface area contributed by atoms with Gasteiger partial charge in [0.2, 0.25) is 0 Å². The molecule has 1 aliphatic carbocycles. The maximum Gasteiger partial charge on any atom is 0.131 e. The summed E-state index contributed by atoms with van der Waals surface area (Å²) >= 11 is 0. The van der Waals surface area contributed by atoms with Crippen LogP contribution in [0.3, 0.4) is 0 Å². The number of hydrogen-bond donors (Lipinski definition) is 1. The molecule has 0 radical (unpaired) electrons. The average Bonchev–Trinajstić information content (AvgIpc) is 2.15. The number of hydrogen-bond acceptors (Lipinski definition) is 1. The Balaban J connectivity index is 2.47. The van der Waals surface area contributed by atoms with Gasteiger partial charge in [0.05, 0.1) is 0 Å². The van der Waals surface area contributed by atoms with E-state index < -0.39 is 17.2 Å². The van der Waals surface area contributed by atoms with Crippen LogP contribution >= 0.6 is 0 Å². The van der Waals surface area contributed by atoms with E-state index in [2.05, 4.69) is 0 Å². The summed E-state index contributed by atoms with van der Waals surface area (Å²) in [7, 11) is 0. The van der Waals surface area contributed by atoms with Crippen LogP contribution in [0, 0.1) is 11.6 Å². The number of aryl methyl sites for hydroxylation is 1. The Bertz CT molecular complexity index is 383. The van der Waals surface area contributed by atoms with Crippen LogP contribution in [0.25, 0.3) is 0 Å². The minimum absolute atomic E-state index is 0.471. The Kier molecular flexibility index (Phi) is 2.51. The van der Waals surface area contributed by atoms with Crippen LogP contribution in [0.15, 0.2) is 12.1 Å². The van der Waals surface area contributed by atoms with Crippen LogP contribution in [-0.2, 0) is 12.0 Å². The summed E-state index contributed by atoms with van der Waals surface area (Å²) in [4.78, 5) is 0. The Labute approximate surface area is 88.3 Å². The summed E-state index contributed by atoms with van der Waals surface area (Å²) in [6.45, 7) is 1.85. The highest BCUT2D eigenvalue weighted by molar-refractivity contribution is 5.33. The minimum Gasteiger partial charge on any atom is -0.321 e. The highest BCUT2D eigenvalue weighted by Gasteiger charge is 2.37. The van der Waals surface area contributed by atoms with Gasteiger partial charge in [-0.3, -0.25) is 0 Å². The van der Waals surface area contributed by atoms with Crippen molar-refractivity contribution in [3.8, 4) is 0 Å². The Morgan fingerprint density at radius 3 is 2.40 bits per heavy atom. The van der Waals surface area contributed by atoms with Crippen molar-refractivity contribution in [1.82, 2.24) is 0 Å². The molecule has 0 heterocycles. The molecule has 82 valence electrons. The maximum atomic E-state index is 13.6. The molecular weight excluding hydrogens is 196 g/mol. The van der Waals surface area contributed by atoms with Gasteiger partial charge >= 0.3 is 0 Å². The van der Waals surface area contributed by atoms with Crippen molar-refractivity contribution in [3.05, 3.63) is 34.9 Å². The lowest BCUT2D eigenvalue weighted by Crippen LogP contribution is -2.44. The van der Waals surface area contributed by atoms with E-state index in [4.69, 9.17) is 5.73 Å². The highest BCUT2D eigenvalue weighted by atomic mass is 19.1. The lowest BCUT2D eigenvalue weighted by Gasteiger charge is -2.39. The minimum atomic E-state index is -0.554. The van der Waals surface area contributed by atoms with Gasteiger partial charge in [0.1, 0.15) is 11.6 Å². The molecule has 0 saturated heterocycles. The molecule has 0 aliphatic heterocycles. The topological polar surface area (TPSA) is 26.0 Å². The molecule has 0 unspecified atom stereocenters. The van der Waals surface area contributed by atoms with Gasteiger partial charge in [0.25, 0.3) is 0 Å². The third-order valence-corrected chi connectivity index (χ3v) is 3.30. The molecule has 0 aromatic heterocycles. The van der Waals surface area contributed by atoms with Crippen molar-refractivity contribution >= 4 is 0 Å².